The number of halogens is 1. The lowest BCUT2D eigenvalue weighted by molar-refractivity contribution is -0.124. The summed E-state index contributed by atoms with van der Waals surface area (Å²) >= 11 is 5.27. The second kappa shape index (κ2) is 5.75. The summed E-state index contributed by atoms with van der Waals surface area (Å²) in [4.78, 5) is 15.7. The van der Waals surface area contributed by atoms with E-state index in [-0.39, 0.29) is 23.9 Å². The van der Waals surface area contributed by atoms with Gasteiger partial charge in [-0.3, -0.25) is 9.69 Å². The standard InChI is InChI=1S/C14H20BrN3OS/c1-8(16)13(11-4-5-12(15)20-11)18-6-2-3-9-10(18)7-17-14(9)19/h4-5,8-10,13H,2-3,6-7,16H2,1H3,(H,17,19). The van der Waals surface area contributed by atoms with Gasteiger partial charge in [0, 0.05) is 23.5 Å². The largest absolute Gasteiger partial charge is 0.354 e. The number of hydrogen-bond donors (Lipinski definition) is 2. The highest BCUT2D eigenvalue weighted by Crippen LogP contribution is 2.38. The molecule has 3 rings (SSSR count). The van der Waals surface area contributed by atoms with Crippen LogP contribution >= 0.6 is 27.3 Å². The van der Waals surface area contributed by atoms with Crippen LogP contribution in [0.15, 0.2) is 15.9 Å². The van der Waals surface area contributed by atoms with Gasteiger partial charge in [-0.15, -0.1) is 11.3 Å². The van der Waals surface area contributed by atoms with E-state index in [0.29, 0.717) is 6.04 Å². The molecule has 0 radical (unpaired) electrons. The highest BCUT2D eigenvalue weighted by Gasteiger charge is 2.44. The molecule has 1 aromatic heterocycles. The summed E-state index contributed by atoms with van der Waals surface area (Å²) in [6.45, 7) is 3.85. The number of nitrogens with one attached hydrogen (secondary N) is 1. The van der Waals surface area contributed by atoms with Crippen molar-refractivity contribution in [3.05, 3.63) is 20.8 Å². The van der Waals surface area contributed by atoms with E-state index in [1.54, 1.807) is 11.3 Å². The Morgan fingerprint density at radius 1 is 1.55 bits per heavy atom. The lowest BCUT2D eigenvalue weighted by Gasteiger charge is -2.42. The van der Waals surface area contributed by atoms with Gasteiger partial charge in [0.05, 0.1) is 15.7 Å². The molecule has 0 aliphatic carbocycles. The molecule has 3 heterocycles. The number of thiophene rings is 1. The zero-order valence-electron chi connectivity index (χ0n) is 11.5. The number of likely N-dealkylation sites (tertiary alicyclic amines) is 1. The highest BCUT2D eigenvalue weighted by atomic mass is 79.9. The van der Waals surface area contributed by atoms with E-state index in [2.05, 4.69) is 45.2 Å². The first-order chi connectivity index (χ1) is 9.58. The quantitative estimate of drug-likeness (QED) is 0.870. The second-order valence-corrected chi connectivity index (χ2v) is 8.24. The Balaban J connectivity index is 1.89. The number of nitrogens with zero attached hydrogens (tertiary/aromatic N) is 1. The monoisotopic (exact) mass is 357 g/mol. The van der Waals surface area contributed by atoms with Crippen molar-refractivity contribution in [2.24, 2.45) is 11.7 Å². The molecule has 6 heteroatoms. The van der Waals surface area contributed by atoms with Crippen molar-refractivity contribution in [2.75, 3.05) is 13.1 Å². The molecular weight excluding hydrogens is 338 g/mol. The first-order valence-corrected chi connectivity index (χ1v) is 8.73. The summed E-state index contributed by atoms with van der Waals surface area (Å²) in [6.07, 6.45) is 2.08. The molecule has 2 aliphatic rings. The van der Waals surface area contributed by atoms with Crippen molar-refractivity contribution >= 4 is 33.2 Å². The van der Waals surface area contributed by atoms with Crippen LogP contribution in [-0.4, -0.2) is 36.0 Å². The van der Waals surface area contributed by atoms with E-state index in [1.165, 1.54) is 4.88 Å². The minimum Gasteiger partial charge on any atom is -0.354 e. The third-order valence-electron chi connectivity index (χ3n) is 4.38. The number of amides is 1. The van der Waals surface area contributed by atoms with Crippen LogP contribution in [0.4, 0.5) is 0 Å². The molecule has 2 fully saturated rings. The molecule has 0 spiro atoms. The number of fused-ring (bicyclic) bond motifs is 1. The fourth-order valence-corrected chi connectivity index (χ4v) is 5.20. The Bertz CT molecular complexity index is 504. The maximum Gasteiger partial charge on any atom is 0.224 e. The molecule has 4 unspecified atom stereocenters. The van der Waals surface area contributed by atoms with Gasteiger partial charge in [0.25, 0.3) is 0 Å². The second-order valence-electron chi connectivity index (χ2n) is 5.74. The van der Waals surface area contributed by atoms with Gasteiger partial charge in [-0.05, 0) is 54.4 Å². The van der Waals surface area contributed by atoms with Crippen molar-refractivity contribution in [1.82, 2.24) is 10.2 Å². The van der Waals surface area contributed by atoms with Crippen LogP contribution in [0.3, 0.4) is 0 Å². The Hall–Kier alpha value is -0.430. The van der Waals surface area contributed by atoms with Gasteiger partial charge in [-0.25, -0.2) is 0 Å². The minimum absolute atomic E-state index is 0.0509. The average molecular weight is 358 g/mol. The number of rotatable bonds is 3. The summed E-state index contributed by atoms with van der Waals surface area (Å²) in [5.41, 5.74) is 6.27. The SMILES string of the molecule is CC(N)C(c1ccc(Br)s1)N1CCCC2C(=O)NCC21. The molecule has 4 nitrogen and oxygen atoms in total. The third-order valence-corrected chi connectivity index (χ3v) is 6.08. The van der Waals surface area contributed by atoms with E-state index >= 15 is 0 Å². The van der Waals surface area contributed by atoms with Crippen LogP contribution in [0.1, 0.15) is 30.7 Å². The zero-order valence-corrected chi connectivity index (χ0v) is 13.9. The van der Waals surface area contributed by atoms with Crippen molar-refractivity contribution in [3.8, 4) is 0 Å². The topological polar surface area (TPSA) is 58.4 Å². The minimum atomic E-state index is 0.0509. The van der Waals surface area contributed by atoms with Crippen LogP contribution in [0.25, 0.3) is 0 Å². The third kappa shape index (κ3) is 2.54. The smallest absolute Gasteiger partial charge is 0.224 e. The van der Waals surface area contributed by atoms with Crippen molar-refractivity contribution in [2.45, 2.75) is 37.9 Å². The zero-order chi connectivity index (χ0) is 14.3. The van der Waals surface area contributed by atoms with Crippen LogP contribution in [0.2, 0.25) is 0 Å². The molecule has 4 atom stereocenters. The maximum atomic E-state index is 11.9. The van der Waals surface area contributed by atoms with E-state index in [4.69, 9.17) is 5.73 Å². The summed E-state index contributed by atoms with van der Waals surface area (Å²) in [6, 6.07) is 4.78. The van der Waals surface area contributed by atoms with Crippen LogP contribution in [0.5, 0.6) is 0 Å². The molecule has 0 saturated carbocycles. The normalized spacial score (nSPS) is 29.9. The fraction of sp³-hybridized carbons (Fsp3) is 0.643. The number of piperidine rings is 1. The molecule has 1 aromatic rings. The Morgan fingerprint density at radius 2 is 2.35 bits per heavy atom. The summed E-state index contributed by atoms with van der Waals surface area (Å²) in [7, 11) is 0. The van der Waals surface area contributed by atoms with Gasteiger partial charge in [0.15, 0.2) is 0 Å². The predicted molar refractivity (Wildman–Crippen MR) is 84.6 cm³/mol. The van der Waals surface area contributed by atoms with Crippen molar-refractivity contribution in [1.29, 1.82) is 0 Å². The molecule has 2 saturated heterocycles. The summed E-state index contributed by atoms with van der Waals surface area (Å²) in [5.74, 6) is 0.365. The molecule has 1 amide bonds. The molecule has 20 heavy (non-hydrogen) atoms. The summed E-state index contributed by atoms with van der Waals surface area (Å²) in [5, 5.41) is 3.01. The number of hydrogen-bond acceptors (Lipinski definition) is 4. The predicted octanol–water partition coefficient (Wildman–Crippen LogP) is 2.11. The fourth-order valence-electron chi connectivity index (χ4n) is 3.54. The highest BCUT2D eigenvalue weighted by molar-refractivity contribution is 9.11. The first kappa shape index (κ1) is 14.5. The Kier molecular flexibility index (Phi) is 4.17. The van der Waals surface area contributed by atoms with Crippen LogP contribution in [0, 0.1) is 5.92 Å². The molecular formula is C14H20BrN3OS. The van der Waals surface area contributed by atoms with E-state index < -0.39 is 0 Å². The van der Waals surface area contributed by atoms with Gasteiger partial charge in [-0.1, -0.05) is 0 Å². The molecule has 0 aromatic carbocycles. The average Bonchev–Trinajstić information content (AvgIpc) is 2.98. The Labute approximate surface area is 131 Å². The van der Waals surface area contributed by atoms with Gasteiger partial charge in [0.1, 0.15) is 0 Å². The molecule has 3 N–H and O–H groups in total. The molecule has 2 aliphatic heterocycles. The van der Waals surface area contributed by atoms with Gasteiger partial charge < -0.3 is 11.1 Å². The number of carbonyl (C=O) groups excluding carboxylic acids is 1. The van der Waals surface area contributed by atoms with Gasteiger partial charge in [0.2, 0.25) is 5.91 Å². The van der Waals surface area contributed by atoms with Crippen molar-refractivity contribution < 1.29 is 4.79 Å². The number of nitrogens with two attached hydrogens (primary N) is 1. The lowest BCUT2D eigenvalue weighted by atomic mass is 9.89. The van der Waals surface area contributed by atoms with Crippen LogP contribution < -0.4 is 11.1 Å². The summed E-state index contributed by atoms with van der Waals surface area (Å²) < 4.78 is 1.13. The van der Waals surface area contributed by atoms with Crippen LogP contribution in [-0.2, 0) is 4.79 Å². The molecule has 0 bridgehead atoms. The van der Waals surface area contributed by atoms with Crippen molar-refractivity contribution in [3.63, 3.8) is 0 Å². The van der Waals surface area contributed by atoms with E-state index in [9.17, 15) is 4.79 Å². The van der Waals surface area contributed by atoms with Gasteiger partial charge in [-0.2, -0.15) is 0 Å². The Morgan fingerprint density at radius 3 is 3.00 bits per heavy atom. The number of carbonyl (C=O) groups is 1. The van der Waals surface area contributed by atoms with E-state index in [1.807, 2.05) is 0 Å². The van der Waals surface area contributed by atoms with E-state index in [0.717, 1.165) is 29.7 Å². The molecule has 110 valence electrons. The lowest BCUT2D eigenvalue weighted by Crippen LogP contribution is -2.51. The first-order valence-electron chi connectivity index (χ1n) is 7.12. The maximum absolute atomic E-state index is 11.9. The van der Waals surface area contributed by atoms with Gasteiger partial charge >= 0.3 is 0 Å².